The average Bonchev–Trinajstić information content (AvgIpc) is 2.42. The van der Waals surface area contributed by atoms with E-state index < -0.39 is 17.9 Å². The van der Waals surface area contributed by atoms with Crippen LogP contribution in [0.25, 0.3) is 0 Å². The lowest BCUT2D eigenvalue weighted by Gasteiger charge is -2.26. The molecule has 0 spiro atoms. The van der Waals surface area contributed by atoms with E-state index in [0.29, 0.717) is 5.92 Å². The van der Waals surface area contributed by atoms with Crippen LogP contribution in [0, 0.1) is 11.3 Å². The van der Waals surface area contributed by atoms with Gasteiger partial charge in [0.1, 0.15) is 0 Å². The number of benzene rings is 1. The zero-order valence-corrected chi connectivity index (χ0v) is 13.8. The lowest BCUT2D eigenvalue weighted by molar-refractivity contribution is 0.0301. The monoisotopic (exact) mass is 322 g/mol. The first-order chi connectivity index (χ1) is 10.5. The fourth-order valence-electron chi connectivity index (χ4n) is 2.53. The minimum atomic E-state index is -1.37. The summed E-state index contributed by atoms with van der Waals surface area (Å²) in [5.74, 6) is -2.96. The maximum Gasteiger partial charge on any atom is 0.339 e. The number of carboxylic acids is 2. The van der Waals surface area contributed by atoms with Crippen molar-refractivity contribution in [1.29, 1.82) is 0 Å². The lowest BCUT2D eigenvalue weighted by Crippen LogP contribution is -2.24. The molecule has 0 bridgehead atoms. The largest absolute Gasteiger partial charge is 0.478 e. The number of aromatic carboxylic acids is 2. The van der Waals surface area contributed by atoms with Gasteiger partial charge >= 0.3 is 17.9 Å². The van der Waals surface area contributed by atoms with Crippen LogP contribution in [0.3, 0.4) is 0 Å². The van der Waals surface area contributed by atoms with Crippen molar-refractivity contribution >= 4 is 17.9 Å². The Balaban J connectivity index is 2.96. The van der Waals surface area contributed by atoms with E-state index in [1.807, 2.05) is 13.8 Å². The Morgan fingerprint density at radius 1 is 1.09 bits per heavy atom. The predicted octanol–water partition coefficient (Wildman–Crippen LogP) is 3.31. The van der Waals surface area contributed by atoms with Crippen LogP contribution in [0.4, 0.5) is 0 Å². The normalized spacial score (nSPS) is 11.3. The van der Waals surface area contributed by atoms with Crippen LogP contribution >= 0.6 is 0 Å². The van der Waals surface area contributed by atoms with Gasteiger partial charge in [-0.05, 0) is 36.0 Å². The number of carbonyl (C=O) groups excluding carboxylic acids is 1. The summed E-state index contributed by atoms with van der Waals surface area (Å²) >= 11 is 0. The molecule has 126 valence electrons. The van der Waals surface area contributed by atoms with Crippen LogP contribution in [0.2, 0.25) is 0 Å². The van der Waals surface area contributed by atoms with Gasteiger partial charge in [0.2, 0.25) is 0 Å². The third-order valence-corrected chi connectivity index (χ3v) is 3.27. The predicted molar refractivity (Wildman–Crippen MR) is 83.9 cm³/mol. The van der Waals surface area contributed by atoms with Crippen LogP contribution in [0.5, 0.6) is 0 Å². The Labute approximate surface area is 135 Å². The average molecular weight is 322 g/mol. The first-order valence-corrected chi connectivity index (χ1v) is 7.31. The molecule has 0 amide bonds. The van der Waals surface area contributed by atoms with Crippen LogP contribution < -0.4 is 0 Å². The van der Waals surface area contributed by atoms with E-state index in [4.69, 9.17) is 14.9 Å². The zero-order chi connectivity index (χ0) is 17.8. The molecule has 0 aromatic heterocycles. The van der Waals surface area contributed by atoms with E-state index in [0.717, 1.165) is 12.5 Å². The van der Waals surface area contributed by atoms with Crippen molar-refractivity contribution < 1.29 is 29.3 Å². The van der Waals surface area contributed by atoms with E-state index in [-0.39, 0.29) is 28.7 Å². The topological polar surface area (TPSA) is 101 Å². The summed E-state index contributed by atoms with van der Waals surface area (Å²) in [6, 6.07) is 3.32. The van der Waals surface area contributed by atoms with Crippen molar-refractivity contribution in [3.63, 3.8) is 0 Å². The van der Waals surface area contributed by atoms with Gasteiger partial charge in [-0.25, -0.2) is 14.4 Å². The molecule has 0 unspecified atom stereocenters. The summed E-state index contributed by atoms with van der Waals surface area (Å²) in [7, 11) is 0. The minimum absolute atomic E-state index is 0.150. The number of rotatable bonds is 7. The SMILES string of the molecule is CC(C)CC(C)(C)COC(=O)c1ccc(C(=O)O)cc1C(=O)O. The van der Waals surface area contributed by atoms with Crippen molar-refractivity contribution in [2.75, 3.05) is 6.61 Å². The Morgan fingerprint density at radius 2 is 1.70 bits per heavy atom. The summed E-state index contributed by atoms with van der Waals surface area (Å²) in [5.41, 5.74) is -0.952. The number of hydrogen-bond acceptors (Lipinski definition) is 4. The summed E-state index contributed by atoms with van der Waals surface area (Å²) in [4.78, 5) is 34.3. The number of ether oxygens (including phenoxy) is 1. The Bertz CT molecular complexity index is 616. The van der Waals surface area contributed by atoms with Crippen LogP contribution in [-0.2, 0) is 4.74 Å². The molecule has 1 aromatic carbocycles. The van der Waals surface area contributed by atoms with Gasteiger partial charge in [-0.1, -0.05) is 27.7 Å². The molecule has 0 aliphatic carbocycles. The van der Waals surface area contributed by atoms with Crippen LogP contribution in [0.15, 0.2) is 18.2 Å². The number of carbonyl (C=O) groups is 3. The van der Waals surface area contributed by atoms with Crippen LogP contribution in [0.1, 0.15) is 65.2 Å². The second kappa shape index (κ2) is 7.26. The number of hydrogen-bond donors (Lipinski definition) is 2. The Morgan fingerprint density at radius 3 is 2.17 bits per heavy atom. The first kappa shape index (κ1) is 18.7. The highest BCUT2D eigenvalue weighted by Crippen LogP contribution is 2.26. The molecule has 0 radical (unpaired) electrons. The fourth-order valence-corrected chi connectivity index (χ4v) is 2.53. The summed E-state index contributed by atoms with van der Waals surface area (Å²) < 4.78 is 5.24. The third kappa shape index (κ3) is 5.39. The van der Waals surface area contributed by atoms with Gasteiger partial charge in [0.05, 0.1) is 23.3 Å². The van der Waals surface area contributed by atoms with Gasteiger partial charge in [0.15, 0.2) is 0 Å². The molecule has 6 heteroatoms. The maximum atomic E-state index is 12.2. The summed E-state index contributed by atoms with van der Waals surface area (Å²) in [6.45, 7) is 8.22. The molecule has 1 rings (SSSR count). The highest BCUT2D eigenvalue weighted by atomic mass is 16.5. The molecule has 1 aromatic rings. The fraction of sp³-hybridized carbons (Fsp3) is 0.471. The van der Waals surface area contributed by atoms with Crippen LogP contribution in [-0.4, -0.2) is 34.7 Å². The van der Waals surface area contributed by atoms with Crippen molar-refractivity contribution in [2.45, 2.75) is 34.1 Å². The van der Waals surface area contributed by atoms with Crippen molar-refractivity contribution in [3.8, 4) is 0 Å². The molecule has 6 nitrogen and oxygen atoms in total. The first-order valence-electron chi connectivity index (χ1n) is 7.31. The van der Waals surface area contributed by atoms with E-state index in [1.165, 1.54) is 12.1 Å². The molecule has 2 N–H and O–H groups in total. The van der Waals surface area contributed by atoms with Gasteiger partial charge in [0.25, 0.3) is 0 Å². The standard InChI is InChI=1S/C17H22O6/c1-10(2)8-17(3,4)9-23-16(22)12-6-5-11(14(18)19)7-13(12)15(20)21/h5-7,10H,8-9H2,1-4H3,(H,18,19)(H,20,21). The van der Waals surface area contributed by atoms with Crippen molar-refractivity contribution in [3.05, 3.63) is 34.9 Å². The van der Waals surface area contributed by atoms with E-state index in [9.17, 15) is 14.4 Å². The van der Waals surface area contributed by atoms with Crippen molar-refractivity contribution in [2.24, 2.45) is 11.3 Å². The Hall–Kier alpha value is -2.37. The summed E-state index contributed by atoms with van der Waals surface area (Å²) in [5, 5.41) is 18.1. The maximum absolute atomic E-state index is 12.2. The third-order valence-electron chi connectivity index (χ3n) is 3.27. The van der Waals surface area contributed by atoms with E-state index in [2.05, 4.69) is 13.8 Å². The van der Waals surface area contributed by atoms with Gasteiger partial charge in [-0.15, -0.1) is 0 Å². The van der Waals surface area contributed by atoms with Gasteiger partial charge < -0.3 is 14.9 Å². The Kier molecular flexibility index (Phi) is 5.90. The molecule has 0 fully saturated rings. The number of carboxylic acid groups (broad SMARTS) is 2. The molecule has 23 heavy (non-hydrogen) atoms. The van der Waals surface area contributed by atoms with E-state index in [1.54, 1.807) is 0 Å². The highest BCUT2D eigenvalue weighted by Gasteiger charge is 2.24. The number of esters is 1. The highest BCUT2D eigenvalue weighted by molar-refractivity contribution is 6.04. The second-order valence-electron chi connectivity index (χ2n) is 6.71. The van der Waals surface area contributed by atoms with Gasteiger partial charge in [-0.2, -0.15) is 0 Å². The molecular weight excluding hydrogens is 300 g/mol. The molecule has 0 atom stereocenters. The zero-order valence-electron chi connectivity index (χ0n) is 13.8. The molecule has 0 saturated heterocycles. The molecule has 0 saturated carbocycles. The molecule has 0 heterocycles. The molecule has 0 aliphatic rings. The van der Waals surface area contributed by atoms with E-state index >= 15 is 0 Å². The second-order valence-corrected chi connectivity index (χ2v) is 6.71. The minimum Gasteiger partial charge on any atom is -0.478 e. The van der Waals surface area contributed by atoms with Crippen molar-refractivity contribution in [1.82, 2.24) is 0 Å². The van der Waals surface area contributed by atoms with Gasteiger partial charge in [-0.3, -0.25) is 0 Å². The lowest BCUT2D eigenvalue weighted by atomic mass is 9.85. The summed E-state index contributed by atoms with van der Waals surface area (Å²) in [6.07, 6.45) is 0.851. The molecule has 0 aliphatic heterocycles. The van der Waals surface area contributed by atoms with Gasteiger partial charge in [0, 0.05) is 0 Å². The smallest absolute Gasteiger partial charge is 0.339 e. The molecular formula is C17H22O6. The quantitative estimate of drug-likeness (QED) is 0.747.